The van der Waals surface area contributed by atoms with Crippen molar-refractivity contribution in [1.29, 1.82) is 0 Å². The van der Waals surface area contributed by atoms with Crippen molar-refractivity contribution < 1.29 is 0 Å². The van der Waals surface area contributed by atoms with Crippen molar-refractivity contribution >= 4 is 0 Å². The van der Waals surface area contributed by atoms with Gasteiger partial charge in [-0.25, -0.2) is 0 Å². The van der Waals surface area contributed by atoms with Gasteiger partial charge < -0.3 is 0 Å². The Balaban J connectivity index is 1.87. The molecular weight excluding hydrogens is 134 g/mol. The molecule has 62 valence electrons. The summed E-state index contributed by atoms with van der Waals surface area (Å²) in [6.45, 7) is 4.97. The van der Waals surface area contributed by atoms with Crippen LogP contribution in [0.4, 0.5) is 0 Å². The van der Waals surface area contributed by atoms with Gasteiger partial charge in [0.2, 0.25) is 0 Å². The van der Waals surface area contributed by atoms with E-state index in [1.807, 2.05) is 0 Å². The summed E-state index contributed by atoms with van der Waals surface area (Å²) in [5.74, 6) is 0. The zero-order valence-corrected chi connectivity index (χ0v) is 7.34. The third kappa shape index (κ3) is 1.48. The van der Waals surface area contributed by atoms with E-state index in [1.54, 1.807) is 5.57 Å². The Labute approximate surface area is 69.1 Å². The van der Waals surface area contributed by atoms with E-state index in [0.29, 0.717) is 0 Å². The Bertz CT molecular complexity index is 168. The van der Waals surface area contributed by atoms with Crippen molar-refractivity contribution in [1.82, 2.24) is 4.90 Å². The molecule has 2 rings (SSSR count). The summed E-state index contributed by atoms with van der Waals surface area (Å²) in [6.07, 6.45) is 7.90. The Morgan fingerprint density at radius 3 is 2.73 bits per heavy atom. The third-order valence-electron chi connectivity index (χ3n) is 3.02. The van der Waals surface area contributed by atoms with Crippen molar-refractivity contribution in [2.75, 3.05) is 13.1 Å². The minimum Gasteiger partial charge on any atom is -0.300 e. The number of hydrogen-bond acceptors (Lipinski definition) is 1. The van der Waals surface area contributed by atoms with Crippen molar-refractivity contribution in [3.8, 4) is 0 Å². The molecule has 1 aliphatic heterocycles. The Morgan fingerprint density at radius 1 is 1.45 bits per heavy atom. The number of nitrogens with zero attached hydrogens (tertiary/aromatic N) is 1. The van der Waals surface area contributed by atoms with Crippen LogP contribution in [0.5, 0.6) is 0 Å². The van der Waals surface area contributed by atoms with Gasteiger partial charge in [0.15, 0.2) is 0 Å². The van der Waals surface area contributed by atoms with Crippen LogP contribution in [0.1, 0.15) is 32.6 Å². The first-order valence-electron chi connectivity index (χ1n) is 4.76. The predicted octanol–water partition coefficient (Wildman–Crippen LogP) is 2.19. The highest BCUT2D eigenvalue weighted by molar-refractivity contribution is 5.05. The fourth-order valence-corrected chi connectivity index (χ4v) is 1.99. The van der Waals surface area contributed by atoms with E-state index in [1.165, 1.54) is 38.8 Å². The van der Waals surface area contributed by atoms with Gasteiger partial charge in [-0.15, -0.1) is 0 Å². The lowest BCUT2D eigenvalue weighted by atomic mass is 9.93. The number of hydrogen-bond donors (Lipinski definition) is 0. The van der Waals surface area contributed by atoms with E-state index in [0.717, 1.165) is 6.04 Å². The first-order valence-corrected chi connectivity index (χ1v) is 4.76. The highest BCUT2D eigenvalue weighted by atomic mass is 15.2. The molecule has 1 aliphatic carbocycles. The van der Waals surface area contributed by atoms with Gasteiger partial charge in [-0.05, 0) is 45.7 Å². The van der Waals surface area contributed by atoms with E-state index in [9.17, 15) is 0 Å². The summed E-state index contributed by atoms with van der Waals surface area (Å²) in [4.78, 5) is 2.63. The van der Waals surface area contributed by atoms with Crippen molar-refractivity contribution in [2.24, 2.45) is 0 Å². The maximum Gasteiger partial charge on any atom is 0.0133 e. The van der Waals surface area contributed by atoms with E-state index >= 15 is 0 Å². The molecule has 1 fully saturated rings. The van der Waals surface area contributed by atoms with Crippen LogP contribution in [0.15, 0.2) is 11.6 Å². The molecule has 0 saturated carbocycles. The highest BCUT2D eigenvalue weighted by Crippen LogP contribution is 2.25. The normalized spacial score (nSPS) is 32.8. The van der Waals surface area contributed by atoms with Crippen LogP contribution >= 0.6 is 0 Å². The second-order valence-corrected chi connectivity index (χ2v) is 3.87. The largest absolute Gasteiger partial charge is 0.300 e. The summed E-state index contributed by atoms with van der Waals surface area (Å²) < 4.78 is 0. The van der Waals surface area contributed by atoms with Crippen LogP contribution in [0.25, 0.3) is 0 Å². The molecule has 0 N–H and O–H groups in total. The van der Waals surface area contributed by atoms with E-state index in [4.69, 9.17) is 0 Å². The molecule has 2 aliphatic rings. The second kappa shape index (κ2) is 2.98. The molecule has 1 atom stereocenters. The van der Waals surface area contributed by atoms with Gasteiger partial charge in [-0.3, -0.25) is 4.90 Å². The van der Waals surface area contributed by atoms with Gasteiger partial charge in [0.25, 0.3) is 0 Å². The van der Waals surface area contributed by atoms with E-state index in [-0.39, 0.29) is 0 Å². The molecule has 1 saturated heterocycles. The van der Waals surface area contributed by atoms with E-state index < -0.39 is 0 Å². The minimum atomic E-state index is 0.896. The maximum absolute atomic E-state index is 2.63. The fraction of sp³-hybridized carbons (Fsp3) is 0.800. The summed E-state index contributed by atoms with van der Waals surface area (Å²) in [6, 6.07) is 0.896. The summed E-state index contributed by atoms with van der Waals surface area (Å²) in [5, 5.41) is 0. The number of allylic oxidation sites excluding steroid dienone is 1. The molecule has 1 heteroatoms. The molecule has 11 heavy (non-hydrogen) atoms. The minimum absolute atomic E-state index is 0.896. The molecule has 0 aromatic carbocycles. The average molecular weight is 151 g/mol. The van der Waals surface area contributed by atoms with Crippen LogP contribution in [0.3, 0.4) is 0 Å². The predicted molar refractivity (Wildman–Crippen MR) is 47.6 cm³/mol. The summed E-state index contributed by atoms with van der Waals surface area (Å²) in [5.41, 5.74) is 1.60. The van der Waals surface area contributed by atoms with E-state index in [2.05, 4.69) is 17.9 Å². The topological polar surface area (TPSA) is 3.24 Å². The molecule has 0 aromatic rings. The third-order valence-corrected chi connectivity index (χ3v) is 3.02. The summed E-state index contributed by atoms with van der Waals surface area (Å²) in [7, 11) is 0. The van der Waals surface area contributed by atoms with Crippen molar-refractivity contribution in [3.05, 3.63) is 11.6 Å². The van der Waals surface area contributed by atoms with Crippen LogP contribution in [0.2, 0.25) is 0 Å². The Morgan fingerprint density at radius 2 is 2.27 bits per heavy atom. The van der Waals surface area contributed by atoms with Crippen LogP contribution in [-0.2, 0) is 0 Å². The lowest BCUT2D eigenvalue weighted by Gasteiger charge is -2.39. The van der Waals surface area contributed by atoms with Gasteiger partial charge >= 0.3 is 0 Å². The monoisotopic (exact) mass is 151 g/mol. The zero-order valence-electron chi connectivity index (χ0n) is 7.34. The van der Waals surface area contributed by atoms with Gasteiger partial charge in [0.05, 0.1) is 0 Å². The number of likely N-dealkylation sites (tertiary alicyclic amines) is 1. The summed E-state index contributed by atoms with van der Waals surface area (Å²) >= 11 is 0. The van der Waals surface area contributed by atoms with Gasteiger partial charge in [-0.2, -0.15) is 0 Å². The second-order valence-electron chi connectivity index (χ2n) is 3.87. The standard InChI is InChI=1S/C10H17N/c1-9-3-5-10(6-4-9)11-7-2-8-11/h3,10H,2,4-8H2,1H3. The first-order chi connectivity index (χ1) is 5.36. The molecule has 1 unspecified atom stereocenters. The van der Waals surface area contributed by atoms with Gasteiger partial charge in [0.1, 0.15) is 0 Å². The lowest BCUT2D eigenvalue weighted by Crippen LogP contribution is -2.45. The Kier molecular flexibility index (Phi) is 1.99. The molecule has 0 aromatic heterocycles. The molecule has 1 heterocycles. The SMILES string of the molecule is CC1=CCC(N2CCC2)CC1. The van der Waals surface area contributed by atoms with Gasteiger partial charge in [0, 0.05) is 6.04 Å². The number of rotatable bonds is 1. The van der Waals surface area contributed by atoms with Crippen LogP contribution < -0.4 is 0 Å². The molecular formula is C10H17N. The Hall–Kier alpha value is -0.300. The van der Waals surface area contributed by atoms with Crippen molar-refractivity contribution in [2.45, 2.75) is 38.6 Å². The average Bonchev–Trinajstić information content (AvgIpc) is 1.90. The lowest BCUT2D eigenvalue weighted by molar-refractivity contribution is 0.110. The molecule has 0 amide bonds. The fourth-order valence-electron chi connectivity index (χ4n) is 1.99. The van der Waals surface area contributed by atoms with Crippen molar-refractivity contribution in [3.63, 3.8) is 0 Å². The zero-order chi connectivity index (χ0) is 7.68. The smallest absolute Gasteiger partial charge is 0.0133 e. The first kappa shape index (κ1) is 7.35. The van der Waals surface area contributed by atoms with Crippen LogP contribution in [0, 0.1) is 0 Å². The highest BCUT2D eigenvalue weighted by Gasteiger charge is 2.24. The van der Waals surface area contributed by atoms with Crippen LogP contribution in [-0.4, -0.2) is 24.0 Å². The molecule has 1 nitrogen and oxygen atoms in total. The molecule has 0 radical (unpaired) electrons. The van der Waals surface area contributed by atoms with Gasteiger partial charge in [-0.1, -0.05) is 11.6 Å². The quantitative estimate of drug-likeness (QED) is 0.519. The maximum atomic E-state index is 2.63. The molecule has 0 spiro atoms. The molecule has 0 bridgehead atoms.